The maximum atomic E-state index is 12.5. The van der Waals surface area contributed by atoms with Gasteiger partial charge >= 0.3 is 0 Å². The molecule has 0 saturated carbocycles. The van der Waals surface area contributed by atoms with Gasteiger partial charge in [0.25, 0.3) is 0 Å². The molecule has 6 heteroatoms. The summed E-state index contributed by atoms with van der Waals surface area (Å²) in [5.41, 5.74) is 2.22. The van der Waals surface area contributed by atoms with Crippen molar-refractivity contribution >= 4 is 5.91 Å². The number of aromatic nitrogens is 2. The molecule has 4 rings (SSSR count). The van der Waals surface area contributed by atoms with E-state index in [-0.39, 0.29) is 17.6 Å². The largest absolute Gasteiger partial charge is 0.473 e. The summed E-state index contributed by atoms with van der Waals surface area (Å²) >= 11 is 0. The molecule has 6 nitrogen and oxygen atoms in total. The van der Waals surface area contributed by atoms with E-state index in [0.717, 1.165) is 19.3 Å². The van der Waals surface area contributed by atoms with Gasteiger partial charge in [0.1, 0.15) is 11.7 Å². The van der Waals surface area contributed by atoms with Crippen LogP contribution in [0.5, 0.6) is 5.88 Å². The van der Waals surface area contributed by atoms with Gasteiger partial charge in [0.15, 0.2) is 0 Å². The number of rotatable bonds is 5. The zero-order chi connectivity index (χ0) is 18.7. The lowest BCUT2D eigenvalue weighted by Crippen LogP contribution is -2.67. The number of nitrogens with zero attached hydrogens (tertiary/aromatic N) is 3. The standard InChI is InChI=1S/C21H25N3O3/c1-16-4-2-3-5-17(16)6-7-20(25)24-14-21(15-24)12-18(8-11-26-21)27-19-13-22-9-10-23-19/h2-5,9-10,13,18H,6-8,11-12,14-15H2,1H3/t18-/m1/s1. The first-order valence-corrected chi connectivity index (χ1v) is 9.52. The zero-order valence-electron chi connectivity index (χ0n) is 15.6. The number of carbonyl (C=O) groups is 1. The fourth-order valence-corrected chi connectivity index (χ4v) is 3.94. The van der Waals surface area contributed by atoms with Crippen molar-refractivity contribution in [1.82, 2.24) is 14.9 Å². The molecular formula is C21H25N3O3. The minimum atomic E-state index is -0.260. The Balaban J connectivity index is 1.27. The summed E-state index contributed by atoms with van der Waals surface area (Å²) in [6, 6.07) is 8.24. The molecule has 27 heavy (non-hydrogen) atoms. The van der Waals surface area contributed by atoms with Crippen molar-refractivity contribution < 1.29 is 14.3 Å². The summed E-state index contributed by atoms with van der Waals surface area (Å²) in [6.45, 7) is 4.04. The van der Waals surface area contributed by atoms with Gasteiger partial charge in [-0.1, -0.05) is 24.3 Å². The van der Waals surface area contributed by atoms with Crippen molar-refractivity contribution in [2.75, 3.05) is 19.7 Å². The number of ether oxygens (including phenoxy) is 2. The third-order valence-corrected chi connectivity index (χ3v) is 5.45. The highest BCUT2D eigenvalue weighted by Gasteiger charge is 2.49. The van der Waals surface area contributed by atoms with Crippen LogP contribution in [0.3, 0.4) is 0 Å². The molecule has 0 radical (unpaired) electrons. The van der Waals surface area contributed by atoms with Gasteiger partial charge in [-0.15, -0.1) is 0 Å². The Kier molecular flexibility index (Phi) is 5.07. The number of likely N-dealkylation sites (tertiary alicyclic amines) is 1. The van der Waals surface area contributed by atoms with E-state index < -0.39 is 0 Å². The van der Waals surface area contributed by atoms with Crippen molar-refractivity contribution in [1.29, 1.82) is 0 Å². The van der Waals surface area contributed by atoms with Crippen LogP contribution in [0.25, 0.3) is 0 Å². The Hall–Kier alpha value is -2.47. The molecule has 0 N–H and O–H groups in total. The van der Waals surface area contributed by atoms with Crippen molar-refractivity contribution in [2.45, 2.75) is 44.3 Å². The average Bonchev–Trinajstić information content (AvgIpc) is 2.66. The number of hydrogen-bond donors (Lipinski definition) is 0. The molecule has 2 saturated heterocycles. The molecule has 0 unspecified atom stereocenters. The Morgan fingerprint density at radius 3 is 2.96 bits per heavy atom. The summed E-state index contributed by atoms with van der Waals surface area (Å²) in [6.07, 6.45) is 7.89. The molecule has 2 aromatic rings. The van der Waals surface area contributed by atoms with Crippen molar-refractivity contribution in [3.8, 4) is 5.88 Å². The van der Waals surface area contributed by atoms with Gasteiger partial charge < -0.3 is 14.4 Å². The van der Waals surface area contributed by atoms with Crippen molar-refractivity contribution in [3.63, 3.8) is 0 Å². The van der Waals surface area contributed by atoms with Gasteiger partial charge in [0, 0.05) is 31.7 Å². The van der Waals surface area contributed by atoms with Crippen LogP contribution < -0.4 is 4.74 Å². The highest BCUT2D eigenvalue weighted by molar-refractivity contribution is 5.77. The normalized spacial score (nSPS) is 20.9. The zero-order valence-corrected chi connectivity index (χ0v) is 15.6. The van der Waals surface area contributed by atoms with Crippen LogP contribution in [0, 0.1) is 6.92 Å². The highest BCUT2D eigenvalue weighted by atomic mass is 16.5. The second-order valence-electron chi connectivity index (χ2n) is 7.48. The smallest absolute Gasteiger partial charge is 0.232 e. The summed E-state index contributed by atoms with van der Waals surface area (Å²) < 4.78 is 12.0. The van der Waals surface area contributed by atoms with Crippen LogP contribution in [0.2, 0.25) is 0 Å². The number of hydrogen-bond acceptors (Lipinski definition) is 5. The van der Waals surface area contributed by atoms with E-state index in [4.69, 9.17) is 9.47 Å². The molecule has 142 valence electrons. The fourth-order valence-electron chi connectivity index (χ4n) is 3.94. The lowest BCUT2D eigenvalue weighted by Gasteiger charge is -2.52. The van der Waals surface area contributed by atoms with Crippen LogP contribution in [-0.2, 0) is 16.0 Å². The van der Waals surface area contributed by atoms with Crippen molar-refractivity contribution in [2.24, 2.45) is 0 Å². The minimum absolute atomic E-state index is 0.0553. The number of aryl methyl sites for hydroxylation is 2. The summed E-state index contributed by atoms with van der Waals surface area (Å²) in [4.78, 5) is 22.6. The van der Waals surface area contributed by atoms with Gasteiger partial charge in [-0.05, 0) is 24.5 Å². The Morgan fingerprint density at radius 2 is 2.19 bits per heavy atom. The van der Waals surface area contributed by atoms with Crippen LogP contribution in [0.1, 0.15) is 30.4 Å². The van der Waals surface area contributed by atoms with E-state index in [2.05, 4.69) is 29.0 Å². The third kappa shape index (κ3) is 4.11. The number of carbonyl (C=O) groups excluding carboxylic acids is 1. The second kappa shape index (κ2) is 7.64. The molecule has 1 atom stereocenters. The quantitative estimate of drug-likeness (QED) is 0.813. The van der Waals surface area contributed by atoms with E-state index in [1.807, 2.05) is 17.0 Å². The van der Waals surface area contributed by atoms with E-state index in [9.17, 15) is 4.79 Å². The molecule has 3 heterocycles. The monoisotopic (exact) mass is 367 g/mol. The number of amides is 1. The molecule has 2 fully saturated rings. The van der Waals surface area contributed by atoms with Crippen LogP contribution >= 0.6 is 0 Å². The molecule has 0 aliphatic carbocycles. The van der Waals surface area contributed by atoms with Gasteiger partial charge in [0.05, 0.1) is 25.9 Å². The van der Waals surface area contributed by atoms with E-state index in [1.165, 1.54) is 11.1 Å². The first kappa shape index (κ1) is 17.9. The third-order valence-electron chi connectivity index (χ3n) is 5.45. The molecule has 1 aromatic carbocycles. The Bertz CT molecular complexity index is 790. The fraction of sp³-hybridized carbons (Fsp3) is 0.476. The van der Waals surface area contributed by atoms with Crippen LogP contribution in [0.4, 0.5) is 0 Å². The van der Waals surface area contributed by atoms with E-state index >= 15 is 0 Å². The van der Waals surface area contributed by atoms with E-state index in [0.29, 0.717) is 32.0 Å². The first-order valence-electron chi connectivity index (χ1n) is 9.52. The molecule has 1 aromatic heterocycles. The summed E-state index contributed by atoms with van der Waals surface area (Å²) in [5, 5.41) is 0. The lowest BCUT2D eigenvalue weighted by atomic mass is 9.84. The maximum absolute atomic E-state index is 12.5. The molecular weight excluding hydrogens is 342 g/mol. The van der Waals surface area contributed by atoms with Gasteiger partial charge in [-0.25, -0.2) is 4.98 Å². The summed E-state index contributed by atoms with van der Waals surface area (Å²) in [7, 11) is 0. The van der Waals surface area contributed by atoms with Gasteiger partial charge in [0.2, 0.25) is 11.8 Å². The highest BCUT2D eigenvalue weighted by Crippen LogP contribution is 2.35. The number of benzene rings is 1. The minimum Gasteiger partial charge on any atom is -0.473 e. The lowest BCUT2D eigenvalue weighted by molar-refractivity contribution is -0.193. The second-order valence-corrected chi connectivity index (χ2v) is 7.48. The topological polar surface area (TPSA) is 64.6 Å². The van der Waals surface area contributed by atoms with Crippen LogP contribution in [-0.4, -0.2) is 52.2 Å². The van der Waals surface area contributed by atoms with Crippen molar-refractivity contribution in [3.05, 3.63) is 54.0 Å². The van der Waals surface area contributed by atoms with Crippen LogP contribution in [0.15, 0.2) is 42.9 Å². The maximum Gasteiger partial charge on any atom is 0.232 e. The first-order chi connectivity index (χ1) is 13.1. The summed E-state index contributed by atoms with van der Waals surface area (Å²) in [5.74, 6) is 0.745. The molecule has 2 aliphatic heterocycles. The Morgan fingerprint density at radius 1 is 1.33 bits per heavy atom. The predicted molar refractivity (Wildman–Crippen MR) is 100 cm³/mol. The van der Waals surface area contributed by atoms with Gasteiger partial charge in [-0.2, -0.15) is 0 Å². The molecule has 2 aliphatic rings. The molecule has 1 amide bonds. The molecule has 0 bridgehead atoms. The van der Waals surface area contributed by atoms with Gasteiger partial charge in [-0.3, -0.25) is 9.78 Å². The van der Waals surface area contributed by atoms with E-state index in [1.54, 1.807) is 18.6 Å². The Labute approximate surface area is 159 Å². The average molecular weight is 367 g/mol. The predicted octanol–water partition coefficient (Wildman–Crippen LogP) is 2.56. The SMILES string of the molecule is Cc1ccccc1CCC(=O)N1CC2(C[C@H](Oc3cnccn3)CCO2)C1. The molecule has 1 spiro atoms.